The minimum Gasteiger partial charge on any atom is -0.507 e. The molecule has 9 heteroatoms. The molecule has 1 heterocycles. The average molecular weight is 472 g/mol. The van der Waals surface area contributed by atoms with Gasteiger partial charge in [0.2, 0.25) is 0 Å². The first-order valence-electron chi connectivity index (χ1n) is 10.7. The Morgan fingerprint density at radius 2 is 1.85 bits per heavy atom. The van der Waals surface area contributed by atoms with E-state index in [9.17, 15) is 9.90 Å². The molecule has 3 aromatic rings. The smallest absolute Gasteiger partial charge is 0.348 e. The molecular formula is C25H33N3O6. The number of methoxy groups -OCH3 is 1. The lowest BCUT2D eigenvalue weighted by Crippen LogP contribution is -2.16. The fraction of sp³-hybridized carbons (Fsp3) is 0.320. The third-order valence-corrected chi connectivity index (χ3v) is 4.94. The van der Waals surface area contributed by atoms with Crippen LogP contribution in [0, 0.1) is 6.92 Å². The molecule has 0 saturated heterocycles. The van der Waals surface area contributed by atoms with E-state index in [-0.39, 0.29) is 23.8 Å². The molecule has 0 radical (unpaired) electrons. The maximum atomic E-state index is 12.6. The normalized spacial score (nSPS) is 10.4. The number of aliphatic hydroxyl groups excluding tert-OH is 1. The average Bonchev–Trinajstić information content (AvgIpc) is 3.21. The highest BCUT2D eigenvalue weighted by atomic mass is 16.5. The van der Waals surface area contributed by atoms with Crippen molar-refractivity contribution in [1.29, 1.82) is 0 Å². The standard InChI is InChI=1S/C23H27N3O3.CH2O2.CH4O/c1-6-7-8-16-11-17(10-9-15(16)4)26-22(24-25-23(26)28)19-12-18(14(2)3)21(29-5)13-20(19)27;2-1-3;1-2/h7-14,27H,6H2,1-5H3,(H,25,28);1H,(H,2,3);2H,1H3/b8-7-;;. The molecule has 0 fully saturated rings. The number of nitrogens with zero attached hydrogens (tertiary/aromatic N) is 2. The van der Waals surface area contributed by atoms with Crippen molar-refractivity contribution in [3.63, 3.8) is 0 Å². The summed E-state index contributed by atoms with van der Waals surface area (Å²) < 4.78 is 6.88. The SMILES string of the molecule is CC/C=C\c1cc(-n2c(-c3cc(C(C)C)c(OC)cc3O)n[nH]c2=O)ccc1C.CO.O=CO. The molecule has 0 bridgehead atoms. The van der Waals surface area contributed by atoms with Gasteiger partial charge < -0.3 is 20.1 Å². The topological polar surface area (TPSA) is 138 Å². The Morgan fingerprint density at radius 3 is 2.41 bits per heavy atom. The summed E-state index contributed by atoms with van der Waals surface area (Å²) in [7, 11) is 2.57. The van der Waals surface area contributed by atoms with E-state index in [4.69, 9.17) is 19.7 Å². The summed E-state index contributed by atoms with van der Waals surface area (Å²) in [4.78, 5) is 21.0. The summed E-state index contributed by atoms with van der Waals surface area (Å²) in [6, 6.07) is 9.20. The number of nitrogens with one attached hydrogen (secondary N) is 1. The van der Waals surface area contributed by atoms with Crippen LogP contribution in [0.15, 0.2) is 41.2 Å². The van der Waals surface area contributed by atoms with E-state index in [1.165, 1.54) is 4.57 Å². The molecule has 34 heavy (non-hydrogen) atoms. The number of rotatable bonds is 6. The van der Waals surface area contributed by atoms with Gasteiger partial charge in [-0.05, 0) is 54.2 Å². The van der Waals surface area contributed by atoms with Gasteiger partial charge in [-0.1, -0.05) is 39.0 Å². The Kier molecular flexibility index (Phi) is 11.3. The van der Waals surface area contributed by atoms with Crippen LogP contribution < -0.4 is 10.4 Å². The van der Waals surface area contributed by atoms with Crippen molar-refractivity contribution >= 4 is 12.5 Å². The number of aromatic amines is 1. The lowest BCUT2D eigenvalue weighted by molar-refractivity contribution is -0.122. The van der Waals surface area contributed by atoms with Crippen molar-refractivity contribution in [3.8, 4) is 28.6 Å². The lowest BCUT2D eigenvalue weighted by atomic mass is 9.98. The summed E-state index contributed by atoms with van der Waals surface area (Å²) in [5, 5.41) is 31.2. The first-order chi connectivity index (χ1) is 16.3. The molecule has 0 aliphatic carbocycles. The van der Waals surface area contributed by atoms with E-state index in [0.717, 1.165) is 30.2 Å². The number of aryl methyl sites for hydroxylation is 1. The van der Waals surface area contributed by atoms with Gasteiger partial charge in [0.15, 0.2) is 5.82 Å². The summed E-state index contributed by atoms with van der Waals surface area (Å²) in [5.74, 6) is 1.14. The molecule has 0 amide bonds. The maximum absolute atomic E-state index is 12.6. The predicted molar refractivity (Wildman–Crippen MR) is 133 cm³/mol. The number of aromatic hydroxyl groups is 1. The highest BCUT2D eigenvalue weighted by Crippen LogP contribution is 2.37. The minimum atomic E-state index is -0.365. The number of phenols is 1. The second kappa shape index (κ2) is 13.6. The van der Waals surface area contributed by atoms with Crippen molar-refractivity contribution in [3.05, 3.63) is 63.6 Å². The molecule has 3 rings (SSSR count). The number of carboxylic acid groups (broad SMARTS) is 1. The zero-order chi connectivity index (χ0) is 25.8. The monoisotopic (exact) mass is 471 g/mol. The van der Waals surface area contributed by atoms with Crippen LogP contribution in [0.5, 0.6) is 11.5 Å². The van der Waals surface area contributed by atoms with Gasteiger partial charge in [-0.25, -0.2) is 14.5 Å². The molecule has 0 unspecified atom stereocenters. The highest BCUT2D eigenvalue weighted by molar-refractivity contribution is 5.70. The predicted octanol–water partition coefficient (Wildman–Crippen LogP) is 4.11. The van der Waals surface area contributed by atoms with Crippen molar-refractivity contribution in [2.45, 2.75) is 40.0 Å². The molecule has 0 aliphatic heterocycles. The summed E-state index contributed by atoms with van der Waals surface area (Å²) >= 11 is 0. The Hall–Kier alpha value is -3.85. The molecule has 1 aromatic heterocycles. The lowest BCUT2D eigenvalue weighted by Gasteiger charge is -2.15. The summed E-state index contributed by atoms with van der Waals surface area (Å²) in [6.07, 6.45) is 5.05. The molecule has 0 spiro atoms. The first-order valence-corrected chi connectivity index (χ1v) is 10.7. The van der Waals surface area contributed by atoms with Gasteiger partial charge in [0.1, 0.15) is 11.5 Å². The van der Waals surface area contributed by atoms with Gasteiger partial charge in [0.25, 0.3) is 6.47 Å². The van der Waals surface area contributed by atoms with E-state index in [1.54, 1.807) is 13.2 Å². The van der Waals surface area contributed by atoms with Gasteiger partial charge >= 0.3 is 5.69 Å². The Balaban J connectivity index is 0.00000107. The van der Waals surface area contributed by atoms with Crippen LogP contribution in [-0.4, -0.2) is 50.8 Å². The fourth-order valence-corrected chi connectivity index (χ4v) is 3.30. The zero-order valence-corrected chi connectivity index (χ0v) is 20.4. The fourth-order valence-electron chi connectivity index (χ4n) is 3.30. The minimum absolute atomic E-state index is 0.00436. The van der Waals surface area contributed by atoms with E-state index in [0.29, 0.717) is 22.8 Å². The zero-order valence-electron chi connectivity index (χ0n) is 20.4. The van der Waals surface area contributed by atoms with E-state index in [1.807, 2.05) is 51.1 Å². The number of aromatic nitrogens is 3. The number of ether oxygens (including phenoxy) is 1. The van der Waals surface area contributed by atoms with Crippen LogP contribution in [0.4, 0.5) is 0 Å². The van der Waals surface area contributed by atoms with E-state index >= 15 is 0 Å². The number of benzene rings is 2. The van der Waals surface area contributed by atoms with Crippen molar-refractivity contribution in [2.24, 2.45) is 0 Å². The Morgan fingerprint density at radius 1 is 1.21 bits per heavy atom. The second-order valence-electron chi connectivity index (χ2n) is 7.41. The quantitative estimate of drug-likeness (QED) is 0.397. The summed E-state index contributed by atoms with van der Waals surface area (Å²) in [5.41, 5.74) is 3.87. The van der Waals surface area contributed by atoms with Crippen LogP contribution in [0.1, 0.15) is 49.8 Å². The van der Waals surface area contributed by atoms with Gasteiger partial charge in [-0.2, -0.15) is 5.10 Å². The maximum Gasteiger partial charge on any atom is 0.348 e. The third kappa shape index (κ3) is 6.58. The number of H-pyrrole nitrogens is 1. The van der Waals surface area contributed by atoms with Gasteiger partial charge in [-0.3, -0.25) is 4.79 Å². The van der Waals surface area contributed by atoms with Crippen LogP contribution in [0.25, 0.3) is 23.2 Å². The first kappa shape index (κ1) is 28.2. The van der Waals surface area contributed by atoms with Crippen LogP contribution in [-0.2, 0) is 4.79 Å². The van der Waals surface area contributed by atoms with Crippen LogP contribution >= 0.6 is 0 Å². The molecule has 0 aliphatic rings. The third-order valence-electron chi connectivity index (χ3n) is 4.94. The number of carbonyl (C=O) groups is 1. The Bertz CT molecular complexity index is 1160. The molecule has 0 saturated carbocycles. The van der Waals surface area contributed by atoms with Crippen LogP contribution in [0.2, 0.25) is 0 Å². The highest BCUT2D eigenvalue weighted by Gasteiger charge is 2.20. The summed E-state index contributed by atoms with van der Waals surface area (Å²) in [6.45, 7) is 7.95. The van der Waals surface area contributed by atoms with E-state index < -0.39 is 0 Å². The number of hydrogen-bond donors (Lipinski definition) is 4. The molecular weight excluding hydrogens is 438 g/mol. The van der Waals surface area contributed by atoms with Crippen molar-refractivity contribution in [1.82, 2.24) is 14.8 Å². The number of phenolic OH excluding ortho intramolecular Hbond substituents is 1. The van der Waals surface area contributed by atoms with Crippen LogP contribution in [0.3, 0.4) is 0 Å². The van der Waals surface area contributed by atoms with Gasteiger partial charge in [0, 0.05) is 13.2 Å². The van der Waals surface area contributed by atoms with E-state index in [2.05, 4.69) is 23.2 Å². The van der Waals surface area contributed by atoms with Gasteiger partial charge in [0.05, 0.1) is 18.4 Å². The number of allylic oxidation sites excluding steroid dienone is 1. The molecule has 4 N–H and O–H groups in total. The molecule has 184 valence electrons. The van der Waals surface area contributed by atoms with Crippen molar-refractivity contribution in [2.75, 3.05) is 14.2 Å². The Labute approximate surface area is 199 Å². The second-order valence-corrected chi connectivity index (χ2v) is 7.41. The number of aliphatic hydroxyl groups is 1. The molecule has 9 nitrogen and oxygen atoms in total. The van der Waals surface area contributed by atoms with Crippen molar-refractivity contribution < 1.29 is 24.9 Å². The number of hydrogen-bond acceptors (Lipinski definition) is 6. The van der Waals surface area contributed by atoms with Gasteiger partial charge in [-0.15, -0.1) is 0 Å². The molecule has 2 aromatic carbocycles. The largest absolute Gasteiger partial charge is 0.507 e. The molecule has 0 atom stereocenters.